The van der Waals surface area contributed by atoms with Gasteiger partial charge in [-0.2, -0.15) is 0 Å². The molecule has 0 unspecified atom stereocenters. The summed E-state index contributed by atoms with van der Waals surface area (Å²) in [5.41, 5.74) is 2.15. The maximum Gasteiger partial charge on any atom is 0.218 e. The summed E-state index contributed by atoms with van der Waals surface area (Å²) in [5, 5.41) is 6.92. The van der Waals surface area contributed by atoms with Gasteiger partial charge in [-0.1, -0.05) is 55.7 Å². The third-order valence-corrected chi connectivity index (χ3v) is 4.68. The first kappa shape index (κ1) is 21.5. The molecule has 1 saturated carbocycles. The molecule has 0 bridgehead atoms. The van der Waals surface area contributed by atoms with Crippen molar-refractivity contribution in [3.8, 4) is 5.88 Å². The van der Waals surface area contributed by atoms with E-state index in [4.69, 9.17) is 4.74 Å². The van der Waals surface area contributed by atoms with Crippen LogP contribution in [0.3, 0.4) is 0 Å². The molecule has 27 heavy (non-hydrogen) atoms. The number of benzene rings is 1. The van der Waals surface area contributed by atoms with E-state index in [-0.39, 0.29) is 24.0 Å². The van der Waals surface area contributed by atoms with E-state index in [0.29, 0.717) is 25.1 Å². The van der Waals surface area contributed by atoms with Gasteiger partial charge in [-0.05, 0) is 24.5 Å². The van der Waals surface area contributed by atoms with Crippen LogP contribution in [0.5, 0.6) is 5.88 Å². The van der Waals surface area contributed by atoms with E-state index in [0.717, 1.165) is 17.1 Å². The smallest absolute Gasteiger partial charge is 0.218 e. The van der Waals surface area contributed by atoms with Crippen molar-refractivity contribution >= 4 is 29.9 Å². The number of aromatic nitrogens is 1. The highest BCUT2D eigenvalue weighted by Crippen LogP contribution is 2.18. The highest BCUT2D eigenvalue weighted by Gasteiger charge is 2.14. The number of ether oxygens (including phenoxy) is 1. The second-order valence-corrected chi connectivity index (χ2v) is 6.65. The standard InChI is InChI=1S/C21H28N4O.HI/c1-22-21(25-19-12-6-3-7-13-19)24-15-18-11-8-14-23-20(18)26-16-17-9-4-2-5-10-17;/h2,4-5,8-11,14,19H,3,6-7,12-13,15-16H2,1H3,(H2,22,24,25);1H. The summed E-state index contributed by atoms with van der Waals surface area (Å²) in [6, 6.07) is 14.6. The lowest BCUT2D eigenvalue weighted by Gasteiger charge is -2.25. The number of guanidine groups is 1. The van der Waals surface area contributed by atoms with Crippen LogP contribution in [0.15, 0.2) is 53.7 Å². The van der Waals surface area contributed by atoms with Gasteiger partial charge in [-0.25, -0.2) is 4.98 Å². The number of halogens is 1. The van der Waals surface area contributed by atoms with E-state index >= 15 is 0 Å². The van der Waals surface area contributed by atoms with Crippen LogP contribution in [-0.4, -0.2) is 24.0 Å². The zero-order valence-corrected chi connectivity index (χ0v) is 18.2. The highest BCUT2D eigenvalue weighted by atomic mass is 127. The Morgan fingerprint density at radius 3 is 2.63 bits per heavy atom. The van der Waals surface area contributed by atoms with Gasteiger partial charge in [0.05, 0.1) is 0 Å². The fourth-order valence-corrected chi connectivity index (χ4v) is 3.23. The first-order chi connectivity index (χ1) is 12.8. The number of rotatable bonds is 6. The number of hydrogen-bond donors (Lipinski definition) is 2. The Bertz CT molecular complexity index is 702. The predicted octanol–water partition coefficient (Wildman–Crippen LogP) is 4.28. The zero-order chi connectivity index (χ0) is 18.0. The Morgan fingerprint density at radius 1 is 1.11 bits per heavy atom. The molecule has 1 aromatic carbocycles. The number of nitrogens with zero attached hydrogens (tertiary/aromatic N) is 2. The van der Waals surface area contributed by atoms with Gasteiger partial charge in [0.2, 0.25) is 5.88 Å². The monoisotopic (exact) mass is 480 g/mol. The average Bonchev–Trinajstić information content (AvgIpc) is 2.71. The summed E-state index contributed by atoms with van der Waals surface area (Å²) in [7, 11) is 1.81. The van der Waals surface area contributed by atoms with Gasteiger partial charge in [0.1, 0.15) is 6.61 Å². The summed E-state index contributed by atoms with van der Waals surface area (Å²) < 4.78 is 5.93. The predicted molar refractivity (Wildman–Crippen MR) is 121 cm³/mol. The van der Waals surface area contributed by atoms with Gasteiger partial charge in [-0.3, -0.25) is 4.99 Å². The molecule has 1 aliphatic carbocycles. The number of hydrogen-bond acceptors (Lipinski definition) is 3. The number of pyridine rings is 1. The summed E-state index contributed by atoms with van der Waals surface area (Å²) in [4.78, 5) is 8.74. The maximum absolute atomic E-state index is 5.93. The van der Waals surface area contributed by atoms with Crippen LogP contribution in [0, 0.1) is 0 Å². The van der Waals surface area contributed by atoms with Crippen LogP contribution in [0.1, 0.15) is 43.2 Å². The van der Waals surface area contributed by atoms with Crippen LogP contribution in [0.25, 0.3) is 0 Å². The summed E-state index contributed by atoms with van der Waals surface area (Å²) in [6.45, 7) is 1.14. The molecule has 1 aliphatic rings. The Labute approximate surface area is 179 Å². The zero-order valence-electron chi connectivity index (χ0n) is 15.9. The Balaban J connectivity index is 0.00000261. The topological polar surface area (TPSA) is 58.5 Å². The van der Waals surface area contributed by atoms with Crippen molar-refractivity contribution in [3.63, 3.8) is 0 Å². The molecule has 1 aromatic heterocycles. The van der Waals surface area contributed by atoms with Crippen LogP contribution in [0.4, 0.5) is 0 Å². The fraction of sp³-hybridized carbons (Fsp3) is 0.429. The molecule has 1 heterocycles. The molecule has 0 atom stereocenters. The normalized spacial score (nSPS) is 14.9. The molecule has 0 saturated heterocycles. The van der Waals surface area contributed by atoms with Crippen molar-refractivity contribution in [1.29, 1.82) is 0 Å². The third kappa shape index (κ3) is 7.01. The van der Waals surface area contributed by atoms with Crippen LogP contribution >= 0.6 is 24.0 Å². The Morgan fingerprint density at radius 2 is 1.89 bits per heavy atom. The Hall–Kier alpha value is -1.83. The van der Waals surface area contributed by atoms with Gasteiger partial charge < -0.3 is 15.4 Å². The summed E-state index contributed by atoms with van der Waals surface area (Å²) in [5.74, 6) is 1.51. The van der Waals surface area contributed by atoms with Crippen molar-refractivity contribution in [2.45, 2.75) is 51.3 Å². The second-order valence-electron chi connectivity index (χ2n) is 6.65. The lowest BCUT2D eigenvalue weighted by Crippen LogP contribution is -2.43. The molecule has 3 rings (SSSR count). The number of nitrogens with one attached hydrogen (secondary N) is 2. The first-order valence-electron chi connectivity index (χ1n) is 9.43. The molecule has 2 N–H and O–H groups in total. The van der Waals surface area contributed by atoms with Gasteiger partial charge in [-0.15, -0.1) is 24.0 Å². The average molecular weight is 480 g/mol. The fourth-order valence-electron chi connectivity index (χ4n) is 3.23. The lowest BCUT2D eigenvalue weighted by molar-refractivity contribution is 0.290. The summed E-state index contributed by atoms with van der Waals surface area (Å²) in [6.07, 6.45) is 8.16. The van der Waals surface area contributed by atoms with Crippen molar-refractivity contribution in [2.24, 2.45) is 4.99 Å². The lowest BCUT2D eigenvalue weighted by atomic mass is 9.96. The molecule has 0 radical (unpaired) electrons. The molecule has 146 valence electrons. The molecule has 6 heteroatoms. The van der Waals surface area contributed by atoms with Crippen molar-refractivity contribution < 1.29 is 4.74 Å². The quantitative estimate of drug-likeness (QED) is 0.368. The molecule has 0 spiro atoms. The second kappa shape index (κ2) is 11.8. The van der Waals surface area contributed by atoms with E-state index in [1.807, 2.05) is 37.4 Å². The minimum absolute atomic E-state index is 0. The van der Waals surface area contributed by atoms with Crippen molar-refractivity contribution in [3.05, 3.63) is 59.8 Å². The minimum Gasteiger partial charge on any atom is -0.473 e. The van der Waals surface area contributed by atoms with E-state index in [1.54, 1.807) is 6.20 Å². The SMILES string of the molecule is CN=C(NCc1cccnc1OCc1ccccc1)NC1CCCCC1.I. The van der Waals surface area contributed by atoms with E-state index in [2.05, 4.69) is 32.7 Å². The van der Waals surface area contributed by atoms with Crippen LogP contribution in [0.2, 0.25) is 0 Å². The van der Waals surface area contributed by atoms with Crippen LogP contribution in [-0.2, 0) is 13.2 Å². The maximum atomic E-state index is 5.93. The van der Waals surface area contributed by atoms with Gasteiger partial charge in [0.25, 0.3) is 0 Å². The van der Waals surface area contributed by atoms with Crippen LogP contribution < -0.4 is 15.4 Å². The Kier molecular flexibility index (Phi) is 9.38. The van der Waals surface area contributed by atoms with Gasteiger partial charge in [0.15, 0.2) is 5.96 Å². The molecule has 1 fully saturated rings. The first-order valence-corrected chi connectivity index (χ1v) is 9.43. The van der Waals surface area contributed by atoms with E-state index in [1.165, 1.54) is 32.1 Å². The van der Waals surface area contributed by atoms with Gasteiger partial charge in [0, 0.05) is 31.4 Å². The van der Waals surface area contributed by atoms with Gasteiger partial charge >= 0.3 is 0 Å². The van der Waals surface area contributed by atoms with Crippen molar-refractivity contribution in [1.82, 2.24) is 15.6 Å². The molecule has 0 amide bonds. The van der Waals surface area contributed by atoms with Crippen molar-refractivity contribution in [2.75, 3.05) is 7.05 Å². The molecular weight excluding hydrogens is 451 g/mol. The largest absolute Gasteiger partial charge is 0.473 e. The van der Waals surface area contributed by atoms with E-state index < -0.39 is 0 Å². The van der Waals surface area contributed by atoms with E-state index in [9.17, 15) is 0 Å². The number of aliphatic imine (C=N–C) groups is 1. The highest BCUT2D eigenvalue weighted by molar-refractivity contribution is 14.0. The summed E-state index contributed by atoms with van der Waals surface area (Å²) >= 11 is 0. The molecule has 2 aromatic rings. The molecular formula is C21H29IN4O. The molecule has 0 aliphatic heterocycles. The molecule has 5 nitrogen and oxygen atoms in total. The minimum atomic E-state index is 0. The third-order valence-electron chi connectivity index (χ3n) is 4.68.